The Balaban J connectivity index is 1.48. The van der Waals surface area contributed by atoms with Gasteiger partial charge in [-0.25, -0.2) is 0 Å². The molecule has 1 heterocycles. The van der Waals surface area contributed by atoms with Crippen LogP contribution in [0.15, 0.2) is 76.2 Å². The van der Waals surface area contributed by atoms with Crippen molar-refractivity contribution in [2.75, 3.05) is 16.4 Å². The molecule has 0 radical (unpaired) electrons. The van der Waals surface area contributed by atoms with Gasteiger partial charge < -0.3 is 15.2 Å². The van der Waals surface area contributed by atoms with Crippen LogP contribution in [0.25, 0.3) is 0 Å². The average molecular weight is 433 g/mol. The molecule has 9 heteroatoms. The van der Waals surface area contributed by atoms with E-state index in [1.54, 1.807) is 54.6 Å². The molecule has 0 atom stereocenters. The van der Waals surface area contributed by atoms with Crippen LogP contribution in [0.2, 0.25) is 0 Å². The molecule has 154 valence electrons. The number of carbonyl (C=O) groups excluding carboxylic acids is 4. The monoisotopic (exact) mass is 433 g/mol. The maximum atomic E-state index is 12.9. The van der Waals surface area contributed by atoms with Crippen LogP contribution in [0.1, 0.15) is 31.4 Å². The number of thioether (sulfide) groups is 1. The number of carbonyl (C=O) groups is 4. The third-order valence-electron chi connectivity index (χ3n) is 4.29. The third-order valence-corrected chi connectivity index (χ3v) is 5.31. The molecule has 4 rings (SSSR count). The Labute approximate surface area is 180 Å². The minimum atomic E-state index is -0.676. The van der Waals surface area contributed by atoms with E-state index in [0.717, 1.165) is 17.8 Å². The van der Waals surface area contributed by atoms with Gasteiger partial charge in [-0.1, -0.05) is 41.6 Å². The highest BCUT2D eigenvalue weighted by Gasteiger charge is 2.36. The number of rotatable bonds is 6. The number of hydrogen-bond acceptors (Lipinski definition) is 7. The van der Waals surface area contributed by atoms with Gasteiger partial charge in [0, 0.05) is 17.5 Å². The van der Waals surface area contributed by atoms with E-state index in [9.17, 15) is 19.2 Å². The largest absolute Gasteiger partial charge is 0.351 e. The summed E-state index contributed by atoms with van der Waals surface area (Å²) in [6.07, 6.45) is 1.09. The van der Waals surface area contributed by atoms with Gasteiger partial charge in [0.15, 0.2) is 5.69 Å². The van der Waals surface area contributed by atoms with Crippen LogP contribution >= 0.6 is 11.8 Å². The number of aromatic nitrogens is 1. The Bertz CT molecular complexity index is 1200. The number of Topliss-reactive ketones (excluding diaryl/α,β-unsaturated/α-hetero) is 1. The zero-order valence-corrected chi connectivity index (χ0v) is 16.8. The summed E-state index contributed by atoms with van der Waals surface area (Å²) in [6.45, 7) is 0. The van der Waals surface area contributed by atoms with Crippen molar-refractivity contribution < 1.29 is 23.7 Å². The molecule has 2 amide bonds. The van der Waals surface area contributed by atoms with E-state index in [0.29, 0.717) is 11.4 Å². The van der Waals surface area contributed by atoms with Crippen molar-refractivity contribution in [1.29, 1.82) is 0 Å². The Kier molecular flexibility index (Phi) is 5.76. The van der Waals surface area contributed by atoms with Gasteiger partial charge in [-0.3, -0.25) is 19.2 Å². The molecule has 3 aromatic rings. The van der Waals surface area contributed by atoms with E-state index in [1.807, 2.05) is 6.07 Å². The molecule has 0 fully saturated rings. The molecular weight excluding hydrogens is 418 g/mol. The lowest BCUT2D eigenvalue weighted by Gasteiger charge is -2.11. The molecule has 2 N–H and O–H groups in total. The Morgan fingerprint density at radius 3 is 2.16 bits per heavy atom. The van der Waals surface area contributed by atoms with E-state index >= 15 is 0 Å². The fourth-order valence-corrected chi connectivity index (χ4v) is 3.66. The summed E-state index contributed by atoms with van der Waals surface area (Å²) in [4.78, 5) is 50.1. The highest BCUT2D eigenvalue weighted by atomic mass is 32.2. The van der Waals surface area contributed by atoms with Crippen molar-refractivity contribution in [3.8, 4) is 0 Å². The Hall–Kier alpha value is -3.98. The van der Waals surface area contributed by atoms with E-state index < -0.39 is 17.5 Å². The first-order valence-electron chi connectivity index (χ1n) is 9.17. The molecule has 0 spiro atoms. The van der Waals surface area contributed by atoms with Gasteiger partial charge in [-0.15, -0.1) is 11.8 Å². The lowest BCUT2D eigenvalue weighted by atomic mass is 9.99. The number of ketones is 2. The van der Waals surface area contributed by atoms with Crippen molar-refractivity contribution in [1.82, 2.24) is 5.16 Å². The molecule has 2 aromatic carbocycles. The van der Waals surface area contributed by atoms with E-state index in [4.69, 9.17) is 4.52 Å². The van der Waals surface area contributed by atoms with Crippen LogP contribution < -0.4 is 10.6 Å². The topological polar surface area (TPSA) is 118 Å². The van der Waals surface area contributed by atoms with Gasteiger partial charge in [-0.05, 0) is 24.3 Å². The second-order valence-corrected chi connectivity index (χ2v) is 7.48. The van der Waals surface area contributed by atoms with Crippen LogP contribution in [0.3, 0.4) is 0 Å². The number of benzene rings is 2. The van der Waals surface area contributed by atoms with Gasteiger partial charge in [-0.2, -0.15) is 0 Å². The molecule has 8 nitrogen and oxygen atoms in total. The van der Waals surface area contributed by atoms with Gasteiger partial charge in [0.05, 0.1) is 10.7 Å². The first kappa shape index (κ1) is 20.3. The summed E-state index contributed by atoms with van der Waals surface area (Å²) in [7, 11) is 0. The summed E-state index contributed by atoms with van der Waals surface area (Å²) in [6, 6.07) is 17.5. The summed E-state index contributed by atoms with van der Waals surface area (Å²) >= 11 is 0.906. The van der Waals surface area contributed by atoms with Crippen LogP contribution in [0.4, 0.5) is 11.4 Å². The zero-order chi connectivity index (χ0) is 21.8. The predicted octanol–water partition coefficient (Wildman–Crippen LogP) is 3.56. The number of amides is 2. The van der Waals surface area contributed by atoms with Gasteiger partial charge >= 0.3 is 0 Å². The smallest absolute Gasteiger partial charge is 0.278 e. The maximum Gasteiger partial charge on any atom is 0.278 e. The predicted molar refractivity (Wildman–Crippen MR) is 115 cm³/mol. The minimum Gasteiger partial charge on any atom is -0.351 e. The first-order valence-corrected chi connectivity index (χ1v) is 10.2. The Morgan fingerprint density at radius 1 is 0.903 bits per heavy atom. The Morgan fingerprint density at radius 2 is 1.52 bits per heavy atom. The van der Waals surface area contributed by atoms with Gasteiger partial charge in [0.25, 0.3) is 5.91 Å². The van der Waals surface area contributed by atoms with Crippen molar-refractivity contribution in [3.05, 3.63) is 88.7 Å². The quantitative estimate of drug-likeness (QED) is 0.610. The lowest BCUT2D eigenvalue weighted by molar-refractivity contribution is -0.113. The zero-order valence-electron chi connectivity index (χ0n) is 16.0. The maximum absolute atomic E-state index is 12.9. The van der Waals surface area contributed by atoms with E-state index in [2.05, 4.69) is 15.8 Å². The molecule has 31 heavy (non-hydrogen) atoms. The first-order chi connectivity index (χ1) is 15.0. The highest BCUT2D eigenvalue weighted by molar-refractivity contribution is 8.04. The SMILES string of the molecule is O=C(CSC1=CC(=O)c2onc(C(=O)Nc3ccccc3)c2C1=O)Nc1ccccc1. The normalized spacial score (nSPS) is 12.7. The number of nitrogens with one attached hydrogen (secondary N) is 2. The number of para-hydroxylation sites is 2. The van der Waals surface area contributed by atoms with Crippen molar-refractivity contribution in [3.63, 3.8) is 0 Å². The fourth-order valence-electron chi connectivity index (χ4n) is 2.88. The highest BCUT2D eigenvalue weighted by Crippen LogP contribution is 2.31. The molecule has 0 saturated heterocycles. The molecule has 1 aliphatic rings. The summed E-state index contributed by atoms with van der Waals surface area (Å²) in [5, 5.41) is 8.94. The number of hydrogen-bond donors (Lipinski definition) is 2. The summed E-state index contributed by atoms with van der Waals surface area (Å²) in [5.74, 6) is -2.58. The number of allylic oxidation sites excluding steroid dienone is 2. The van der Waals surface area contributed by atoms with Gasteiger partial charge in [0.2, 0.25) is 23.2 Å². The van der Waals surface area contributed by atoms with Gasteiger partial charge in [0.1, 0.15) is 5.56 Å². The van der Waals surface area contributed by atoms with Crippen molar-refractivity contribution in [2.45, 2.75) is 0 Å². The van der Waals surface area contributed by atoms with Crippen LogP contribution in [-0.4, -0.2) is 34.3 Å². The lowest BCUT2D eigenvalue weighted by Crippen LogP contribution is -2.21. The van der Waals surface area contributed by atoms with Crippen LogP contribution in [0.5, 0.6) is 0 Å². The fraction of sp³-hybridized carbons (Fsp3) is 0.0455. The standard InChI is InChI=1S/C22H15N3O5S/c26-15-11-16(31-12-17(27)23-13-7-3-1-4-8-13)20(28)18-19(25-30-21(15)18)22(29)24-14-9-5-2-6-10-14/h1-11H,12H2,(H,23,27)(H,24,29). The second kappa shape index (κ2) is 8.80. The summed E-state index contributed by atoms with van der Waals surface area (Å²) in [5.41, 5.74) is 0.639. The van der Waals surface area contributed by atoms with Crippen molar-refractivity contribution >= 4 is 46.5 Å². The number of nitrogens with zero attached hydrogens (tertiary/aromatic N) is 1. The third kappa shape index (κ3) is 4.46. The molecular formula is C22H15N3O5S. The van der Waals surface area contributed by atoms with E-state index in [1.165, 1.54) is 0 Å². The van der Waals surface area contributed by atoms with E-state index in [-0.39, 0.29) is 33.6 Å². The molecule has 0 saturated carbocycles. The van der Waals surface area contributed by atoms with Crippen molar-refractivity contribution in [2.24, 2.45) is 0 Å². The number of anilines is 2. The summed E-state index contributed by atoms with van der Waals surface area (Å²) < 4.78 is 4.97. The van der Waals surface area contributed by atoms with Crippen LogP contribution in [0, 0.1) is 0 Å². The average Bonchev–Trinajstić information content (AvgIpc) is 3.23. The molecule has 0 bridgehead atoms. The molecule has 0 aliphatic heterocycles. The molecule has 1 aromatic heterocycles. The van der Waals surface area contributed by atoms with Crippen LogP contribution in [-0.2, 0) is 4.79 Å². The number of fused-ring (bicyclic) bond motifs is 1. The molecule has 1 aliphatic carbocycles. The molecule has 0 unspecified atom stereocenters. The second-order valence-electron chi connectivity index (χ2n) is 6.46. The minimum absolute atomic E-state index is 0.0395.